The summed E-state index contributed by atoms with van der Waals surface area (Å²) < 4.78 is 0. The van der Waals surface area contributed by atoms with Crippen molar-refractivity contribution in [1.82, 2.24) is 0 Å². The van der Waals surface area contributed by atoms with Crippen LogP contribution in [0.2, 0.25) is 0 Å². The summed E-state index contributed by atoms with van der Waals surface area (Å²) in [4.78, 5) is 0. The minimum Gasteiger partial charge on any atom is -0.0984 e. The fraction of sp³-hybridized carbons (Fsp3) is 0.200. The van der Waals surface area contributed by atoms with Crippen molar-refractivity contribution < 1.29 is 0 Å². The van der Waals surface area contributed by atoms with Gasteiger partial charge in [-0.1, -0.05) is 55.1 Å². The molecule has 0 unspecified atom stereocenters. The van der Waals surface area contributed by atoms with Crippen LogP contribution in [0.4, 0.5) is 0 Å². The van der Waals surface area contributed by atoms with E-state index in [0.29, 0.717) is 0 Å². The highest BCUT2D eigenvalue weighted by Gasteiger charge is 2.15. The third-order valence-electron chi connectivity index (χ3n) is 4.21. The number of rotatable bonds is 3. The normalized spacial score (nSPS) is 10.4. The van der Waals surface area contributed by atoms with Crippen molar-refractivity contribution in [2.75, 3.05) is 0 Å². The van der Waals surface area contributed by atoms with Crippen LogP contribution >= 0.6 is 0 Å². The number of hydrogen-bond acceptors (Lipinski definition) is 0. The van der Waals surface area contributed by atoms with Crippen LogP contribution < -0.4 is 0 Å². The van der Waals surface area contributed by atoms with Gasteiger partial charge in [-0.25, -0.2) is 0 Å². The largest absolute Gasteiger partial charge is 0.0984 e. The van der Waals surface area contributed by atoms with E-state index in [1.165, 1.54) is 44.5 Å². The van der Waals surface area contributed by atoms with Crippen molar-refractivity contribution in [2.24, 2.45) is 0 Å². The third kappa shape index (κ3) is 2.22. The van der Waals surface area contributed by atoms with Gasteiger partial charge in [0.1, 0.15) is 0 Å². The summed E-state index contributed by atoms with van der Waals surface area (Å²) in [5.74, 6) is 0. The molecular weight excluding hydrogens is 240 g/mol. The molecule has 2 rings (SSSR count). The van der Waals surface area contributed by atoms with Crippen molar-refractivity contribution in [3.8, 4) is 11.1 Å². The van der Waals surface area contributed by atoms with E-state index >= 15 is 0 Å². The van der Waals surface area contributed by atoms with Gasteiger partial charge in [0.25, 0.3) is 0 Å². The summed E-state index contributed by atoms with van der Waals surface area (Å²) in [5.41, 5.74) is 10.1. The van der Waals surface area contributed by atoms with Crippen LogP contribution in [0, 0.1) is 27.7 Å². The zero-order valence-electron chi connectivity index (χ0n) is 12.9. The van der Waals surface area contributed by atoms with Crippen molar-refractivity contribution in [3.63, 3.8) is 0 Å². The molecule has 0 aliphatic carbocycles. The molecule has 0 heterocycles. The molecule has 20 heavy (non-hydrogen) atoms. The van der Waals surface area contributed by atoms with Crippen molar-refractivity contribution in [1.29, 1.82) is 0 Å². The van der Waals surface area contributed by atoms with Crippen molar-refractivity contribution in [3.05, 3.63) is 70.8 Å². The van der Waals surface area contributed by atoms with Gasteiger partial charge >= 0.3 is 0 Å². The molecule has 0 saturated carbocycles. The maximum atomic E-state index is 4.01. The van der Waals surface area contributed by atoms with E-state index in [2.05, 4.69) is 65.1 Å². The van der Waals surface area contributed by atoms with E-state index in [-0.39, 0.29) is 0 Å². The van der Waals surface area contributed by atoms with Crippen LogP contribution in [0.3, 0.4) is 0 Å². The molecule has 0 bridgehead atoms. The first-order valence-electron chi connectivity index (χ1n) is 6.97. The molecule has 0 nitrogen and oxygen atoms in total. The quantitative estimate of drug-likeness (QED) is 0.648. The maximum Gasteiger partial charge on any atom is -0.00735 e. The highest BCUT2D eigenvalue weighted by molar-refractivity contribution is 5.85. The Morgan fingerprint density at radius 3 is 1.75 bits per heavy atom. The summed E-state index contributed by atoms with van der Waals surface area (Å²) in [6.07, 6.45) is 3.89. The highest BCUT2D eigenvalue weighted by Crippen LogP contribution is 2.36. The van der Waals surface area contributed by atoms with Gasteiger partial charge in [0.05, 0.1) is 0 Å². The summed E-state index contributed by atoms with van der Waals surface area (Å²) in [6, 6.07) is 8.69. The van der Waals surface area contributed by atoms with Crippen LogP contribution in [0.25, 0.3) is 23.3 Å². The highest BCUT2D eigenvalue weighted by atomic mass is 14.2. The standard InChI is InChI=1S/C20H22/c1-7-18-15(5)14(4)16(6)20(19(18)8-2)17-11-9-13(3)10-12-17/h7-12H,1-2H2,3-6H3. The Morgan fingerprint density at radius 2 is 1.25 bits per heavy atom. The van der Waals surface area contributed by atoms with E-state index in [1.807, 2.05) is 12.2 Å². The third-order valence-corrected chi connectivity index (χ3v) is 4.21. The minimum atomic E-state index is 1.18. The molecule has 0 saturated heterocycles. The molecule has 0 aromatic heterocycles. The molecule has 0 aliphatic heterocycles. The molecule has 2 aromatic rings. The fourth-order valence-corrected chi connectivity index (χ4v) is 2.78. The molecule has 102 valence electrons. The van der Waals surface area contributed by atoms with Gasteiger partial charge in [0, 0.05) is 0 Å². The molecule has 0 heteroatoms. The number of hydrogen-bond donors (Lipinski definition) is 0. The van der Waals surface area contributed by atoms with Crippen LogP contribution in [0.15, 0.2) is 37.4 Å². The van der Waals surface area contributed by atoms with Gasteiger partial charge in [-0.2, -0.15) is 0 Å². The van der Waals surface area contributed by atoms with E-state index in [9.17, 15) is 0 Å². The van der Waals surface area contributed by atoms with E-state index in [4.69, 9.17) is 0 Å². The van der Waals surface area contributed by atoms with E-state index < -0.39 is 0 Å². The lowest BCUT2D eigenvalue weighted by Crippen LogP contribution is -1.99. The molecule has 0 N–H and O–H groups in total. The van der Waals surface area contributed by atoms with Gasteiger partial charge in [-0.05, 0) is 66.6 Å². The van der Waals surface area contributed by atoms with Crippen LogP contribution in [-0.4, -0.2) is 0 Å². The van der Waals surface area contributed by atoms with Gasteiger partial charge < -0.3 is 0 Å². The monoisotopic (exact) mass is 262 g/mol. The van der Waals surface area contributed by atoms with Gasteiger partial charge in [0.2, 0.25) is 0 Å². The predicted octanol–water partition coefficient (Wildman–Crippen LogP) is 5.87. The first-order valence-corrected chi connectivity index (χ1v) is 6.97. The van der Waals surface area contributed by atoms with Gasteiger partial charge in [-0.15, -0.1) is 0 Å². The van der Waals surface area contributed by atoms with Gasteiger partial charge in [-0.3, -0.25) is 0 Å². The zero-order valence-corrected chi connectivity index (χ0v) is 12.9. The summed E-state index contributed by atoms with van der Waals surface area (Å²) >= 11 is 0. The number of aryl methyl sites for hydroxylation is 1. The first-order chi connectivity index (χ1) is 9.51. The molecule has 0 spiro atoms. The Bertz CT molecular complexity index is 670. The molecule has 2 aromatic carbocycles. The smallest absolute Gasteiger partial charge is 0.00735 e. The Labute approximate surface area is 122 Å². The Hall–Kier alpha value is -2.08. The average molecular weight is 262 g/mol. The second kappa shape index (κ2) is 5.50. The van der Waals surface area contributed by atoms with Crippen molar-refractivity contribution in [2.45, 2.75) is 27.7 Å². The van der Waals surface area contributed by atoms with Crippen molar-refractivity contribution >= 4 is 12.2 Å². The number of benzene rings is 2. The lowest BCUT2D eigenvalue weighted by molar-refractivity contribution is 1.25. The molecule has 0 fully saturated rings. The molecule has 0 aliphatic rings. The predicted molar refractivity (Wildman–Crippen MR) is 91.0 cm³/mol. The van der Waals surface area contributed by atoms with Crippen LogP contribution in [0.1, 0.15) is 33.4 Å². The first kappa shape index (κ1) is 14.3. The van der Waals surface area contributed by atoms with E-state index in [0.717, 1.165) is 0 Å². The lowest BCUT2D eigenvalue weighted by Gasteiger charge is -2.19. The SMILES string of the molecule is C=Cc1c(C)c(C)c(C)c(-c2ccc(C)cc2)c1C=C. The summed E-state index contributed by atoms with van der Waals surface area (Å²) in [5, 5.41) is 0. The summed E-state index contributed by atoms with van der Waals surface area (Å²) in [6.45, 7) is 16.6. The minimum absolute atomic E-state index is 1.18. The van der Waals surface area contributed by atoms with Gasteiger partial charge in [0.15, 0.2) is 0 Å². The topological polar surface area (TPSA) is 0 Å². The fourth-order valence-electron chi connectivity index (χ4n) is 2.78. The maximum absolute atomic E-state index is 4.01. The Balaban J connectivity index is 2.87. The van der Waals surface area contributed by atoms with Crippen LogP contribution in [-0.2, 0) is 0 Å². The zero-order chi connectivity index (χ0) is 14.9. The second-order valence-corrected chi connectivity index (χ2v) is 5.35. The lowest BCUT2D eigenvalue weighted by atomic mass is 9.85. The Kier molecular flexibility index (Phi) is 3.94. The summed E-state index contributed by atoms with van der Waals surface area (Å²) in [7, 11) is 0. The van der Waals surface area contributed by atoms with Crippen LogP contribution in [0.5, 0.6) is 0 Å². The second-order valence-electron chi connectivity index (χ2n) is 5.35. The average Bonchev–Trinajstić information content (AvgIpc) is 2.46. The molecule has 0 atom stereocenters. The Morgan fingerprint density at radius 1 is 0.700 bits per heavy atom. The molecular formula is C20H22. The molecule has 0 radical (unpaired) electrons. The van der Waals surface area contributed by atoms with E-state index in [1.54, 1.807) is 0 Å². The molecule has 0 amide bonds.